The molecule has 0 bridgehead atoms. The van der Waals surface area contributed by atoms with Crippen LogP contribution in [0.4, 0.5) is 5.69 Å². The van der Waals surface area contributed by atoms with E-state index in [4.69, 9.17) is 11.6 Å². The second-order valence-electron chi connectivity index (χ2n) is 3.36. The van der Waals surface area contributed by atoms with E-state index < -0.39 is 11.6 Å². The fourth-order valence-corrected chi connectivity index (χ4v) is 1.35. The maximum absolute atomic E-state index is 11.7. The topological polar surface area (TPSA) is 79.8 Å². The highest BCUT2D eigenvalue weighted by molar-refractivity contribution is 6.30. The summed E-state index contributed by atoms with van der Waals surface area (Å²) in [6, 6.07) is 6.61. The van der Waals surface area contributed by atoms with Gasteiger partial charge in [-0.2, -0.15) is 0 Å². The third kappa shape index (κ3) is 2.54. The summed E-state index contributed by atoms with van der Waals surface area (Å²) >= 11 is 5.71. The Labute approximate surface area is 101 Å². The summed E-state index contributed by atoms with van der Waals surface area (Å²) in [7, 11) is 1.46. The zero-order valence-corrected chi connectivity index (χ0v) is 9.65. The van der Waals surface area contributed by atoms with Gasteiger partial charge in [-0.3, -0.25) is 9.78 Å². The maximum atomic E-state index is 11.7. The van der Waals surface area contributed by atoms with Gasteiger partial charge in [0.25, 0.3) is 5.91 Å². The molecule has 1 amide bonds. The Morgan fingerprint density at radius 1 is 1.41 bits per heavy atom. The number of amides is 1. The Hall–Kier alpha value is -2.08. The van der Waals surface area contributed by atoms with Crippen LogP contribution in [0.3, 0.4) is 0 Å². The molecule has 0 aliphatic carbocycles. The van der Waals surface area contributed by atoms with Crippen LogP contribution in [0.5, 0.6) is 0 Å². The lowest BCUT2D eigenvalue weighted by molar-refractivity contribution is 0.101. The van der Waals surface area contributed by atoms with E-state index in [9.17, 15) is 9.59 Å². The number of nitrogens with one attached hydrogen (secondary N) is 2. The number of anilines is 1. The van der Waals surface area contributed by atoms with Gasteiger partial charge in [0.05, 0.1) is 0 Å². The summed E-state index contributed by atoms with van der Waals surface area (Å²) in [5.41, 5.74) is 0.136. The smallest absolute Gasteiger partial charge is 0.319 e. The molecule has 0 fully saturated rings. The van der Waals surface area contributed by atoms with Gasteiger partial charge in [-0.15, -0.1) is 5.10 Å². The predicted octanol–water partition coefficient (Wildman–Crippen LogP) is 1.01. The number of carbonyl (C=O) groups is 1. The number of H-pyrrole nitrogens is 1. The molecular formula is C10H9ClN4O2. The van der Waals surface area contributed by atoms with Gasteiger partial charge in [0, 0.05) is 17.8 Å². The van der Waals surface area contributed by atoms with Crippen molar-refractivity contribution in [1.29, 1.82) is 0 Å². The molecule has 0 radical (unpaired) electrons. The first-order valence-electron chi connectivity index (χ1n) is 4.76. The van der Waals surface area contributed by atoms with Gasteiger partial charge in [-0.25, -0.2) is 9.48 Å². The number of rotatable bonds is 2. The molecule has 1 aromatic carbocycles. The Bertz CT molecular complexity index is 600. The summed E-state index contributed by atoms with van der Waals surface area (Å²) < 4.78 is 1.05. The fourth-order valence-electron chi connectivity index (χ4n) is 1.23. The standard InChI is InChI=1S/C10H9ClN4O2/c1-15-10(17)13-8(14-15)9(16)12-7-4-2-6(11)3-5-7/h2-5H,1H3,(H,12,16)(H,13,14,17). The van der Waals surface area contributed by atoms with Crippen LogP contribution in [-0.2, 0) is 7.05 Å². The number of benzene rings is 1. The van der Waals surface area contributed by atoms with E-state index in [0.29, 0.717) is 10.7 Å². The molecule has 17 heavy (non-hydrogen) atoms. The molecule has 0 saturated carbocycles. The van der Waals surface area contributed by atoms with Crippen molar-refractivity contribution in [3.05, 3.63) is 45.6 Å². The van der Waals surface area contributed by atoms with Gasteiger partial charge in [0.2, 0.25) is 5.82 Å². The number of nitrogens with zero attached hydrogens (tertiary/aromatic N) is 2. The summed E-state index contributed by atoms with van der Waals surface area (Å²) in [4.78, 5) is 25.1. The number of halogens is 1. The molecule has 0 atom stereocenters. The lowest BCUT2D eigenvalue weighted by Gasteiger charge is -2.01. The van der Waals surface area contributed by atoms with E-state index in [1.807, 2.05) is 0 Å². The van der Waals surface area contributed by atoms with Gasteiger partial charge >= 0.3 is 5.69 Å². The minimum absolute atomic E-state index is 0.0348. The van der Waals surface area contributed by atoms with E-state index in [-0.39, 0.29) is 5.82 Å². The number of hydrogen-bond acceptors (Lipinski definition) is 3. The molecule has 1 heterocycles. The highest BCUT2D eigenvalue weighted by Gasteiger charge is 2.11. The molecule has 7 heteroatoms. The van der Waals surface area contributed by atoms with Crippen molar-refractivity contribution in [1.82, 2.24) is 14.8 Å². The highest BCUT2D eigenvalue weighted by Crippen LogP contribution is 2.13. The molecule has 0 spiro atoms. The van der Waals surface area contributed by atoms with Gasteiger partial charge < -0.3 is 5.32 Å². The largest absolute Gasteiger partial charge is 0.343 e. The molecule has 0 saturated heterocycles. The van der Waals surface area contributed by atoms with Crippen molar-refractivity contribution in [2.75, 3.05) is 5.32 Å². The monoisotopic (exact) mass is 252 g/mol. The minimum atomic E-state index is -0.481. The van der Waals surface area contributed by atoms with Crippen molar-refractivity contribution in [3.63, 3.8) is 0 Å². The summed E-state index contributed by atoms with van der Waals surface area (Å²) in [5, 5.41) is 6.89. The first-order valence-corrected chi connectivity index (χ1v) is 5.14. The fraction of sp³-hybridized carbons (Fsp3) is 0.100. The normalized spacial score (nSPS) is 10.2. The molecule has 1 aromatic heterocycles. The Morgan fingerprint density at radius 2 is 2.06 bits per heavy atom. The highest BCUT2D eigenvalue weighted by atomic mass is 35.5. The zero-order chi connectivity index (χ0) is 12.4. The first kappa shape index (κ1) is 11.4. The lowest BCUT2D eigenvalue weighted by atomic mass is 10.3. The Morgan fingerprint density at radius 3 is 2.59 bits per heavy atom. The molecule has 2 N–H and O–H groups in total. The van der Waals surface area contributed by atoms with Crippen molar-refractivity contribution >= 4 is 23.2 Å². The van der Waals surface area contributed by atoms with E-state index in [1.54, 1.807) is 24.3 Å². The van der Waals surface area contributed by atoms with Crippen LogP contribution in [0.15, 0.2) is 29.1 Å². The quantitative estimate of drug-likeness (QED) is 0.837. The van der Waals surface area contributed by atoms with Crippen LogP contribution in [0.2, 0.25) is 5.02 Å². The molecule has 88 valence electrons. The second-order valence-corrected chi connectivity index (χ2v) is 3.80. The van der Waals surface area contributed by atoms with Crippen molar-refractivity contribution in [2.24, 2.45) is 7.05 Å². The Balaban J connectivity index is 2.17. The van der Waals surface area contributed by atoms with Crippen LogP contribution in [-0.4, -0.2) is 20.7 Å². The van der Waals surface area contributed by atoms with E-state index in [1.165, 1.54) is 7.05 Å². The summed E-state index contributed by atoms with van der Waals surface area (Å²) in [5.74, 6) is -0.516. The van der Waals surface area contributed by atoms with Crippen LogP contribution in [0, 0.1) is 0 Å². The van der Waals surface area contributed by atoms with Crippen molar-refractivity contribution < 1.29 is 4.79 Å². The molecule has 6 nitrogen and oxygen atoms in total. The van der Waals surface area contributed by atoms with Gasteiger partial charge in [-0.1, -0.05) is 11.6 Å². The molecular weight excluding hydrogens is 244 g/mol. The maximum Gasteiger partial charge on any atom is 0.343 e. The van der Waals surface area contributed by atoms with Crippen LogP contribution < -0.4 is 11.0 Å². The van der Waals surface area contributed by atoms with Gasteiger partial charge in [0.1, 0.15) is 0 Å². The predicted molar refractivity (Wildman–Crippen MR) is 63.2 cm³/mol. The SMILES string of the molecule is Cn1nc(C(=O)Nc2ccc(Cl)cc2)[nH]c1=O. The zero-order valence-electron chi connectivity index (χ0n) is 8.90. The van der Waals surface area contributed by atoms with Crippen molar-refractivity contribution in [2.45, 2.75) is 0 Å². The molecule has 0 aliphatic heterocycles. The van der Waals surface area contributed by atoms with Crippen molar-refractivity contribution in [3.8, 4) is 0 Å². The average molecular weight is 253 g/mol. The third-order valence-electron chi connectivity index (χ3n) is 2.09. The number of aromatic nitrogens is 3. The molecule has 0 unspecified atom stereocenters. The van der Waals surface area contributed by atoms with Crippen LogP contribution in [0.25, 0.3) is 0 Å². The molecule has 2 aromatic rings. The second kappa shape index (κ2) is 4.42. The van der Waals surface area contributed by atoms with E-state index >= 15 is 0 Å². The lowest BCUT2D eigenvalue weighted by Crippen LogP contribution is -2.14. The van der Waals surface area contributed by atoms with Gasteiger partial charge in [-0.05, 0) is 24.3 Å². The van der Waals surface area contributed by atoms with E-state index in [2.05, 4.69) is 15.4 Å². The number of hydrogen-bond donors (Lipinski definition) is 2. The number of aromatic amines is 1. The third-order valence-corrected chi connectivity index (χ3v) is 2.34. The van der Waals surface area contributed by atoms with Gasteiger partial charge in [0.15, 0.2) is 0 Å². The van der Waals surface area contributed by atoms with E-state index in [0.717, 1.165) is 4.68 Å². The minimum Gasteiger partial charge on any atom is -0.319 e. The molecule has 2 rings (SSSR count). The summed E-state index contributed by atoms with van der Waals surface area (Å²) in [6.07, 6.45) is 0. The Kier molecular flexibility index (Phi) is 2.97. The number of carbonyl (C=O) groups excluding carboxylic acids is 1. The number of aryl methyl sites for hydroxylation is 1. The average Bonchev–Trinajstić information content (AvgIpc) is 2.63. The summed E-state index contributed by atoms with van der Waals surface area (Å²) in [6.45, 7) is 0. The van der Waals surface area contributed by atoms with Crippen LogP contribution >= 0.6 is 11.6 Å². The first-order chi connectivity index (χ1) is 8.06. The molecule has 0 aliphatic rings. The van der Waals surface area contributed by atoms with Crippen LogP contribution in [0.1, 0.15) is 10.6 Å².